The lowest BCUT2D eigenvalue weighted by Crippen LogP contribution is -2.33. The van der Waals surface area contributed by atoms with Gasteiger partial charge in [-0.1, -0.05) is 0 Å². The van der Waals surface area contributed by atoms with Gasteiger partial charge in [0.25, 0.3) is 0 Å². The molecule has 3 heterocycles. The van der Waals surface area contributed by atoms with E-state index in [4.69, 9.17) is 5.73 Å². The van der Waals surface area contributed by atoms with E-state index in [2.05, 4.69) is 4.90 Å². The molecule has 1 saturated carbocycles. The maximum Gasteiger partial charge on any atom is 0.0142 e. The SMILES string of the molecule is NC[C@@H]1[C@H]2C[C@H]3C[C@@H]1N(C3)C2. The van der Waals surface area contributed by atoms with E-state index < -0.39 is 0 Å². The van der Waals surface area contributed by atoms with Crippen LogP contribution in [0.3, 0.4) is 0 Å². The molecule has 0 aromatic carbocycles. The van der Waals surface area contributed by atoms with Crippen LogP contribution in [0.4, 0.5) is 0 Å². The normalized spacial score (nSPS) is 59.2. The Hall–Kier alpha value is -0.0800. The Morgan fingerprint density at radius 3 is 2.91 bits per heavy atom. The van der Waals surface area contributed by atoms with Gasteiger partial charge in [0.15, 0.2) is 0 Å². The standard InChI is InChI=1S/C9H16N2/c10-3-8-7-1-6-2-9(8)11(4-6)5-7/h6-9H,1-5,10H2/t6-,7-,8+,9-/m0/s1. The van der Waals surface area contributed by atoms with Crippen molar-refractivity contribution in [3.63, 3.8) is 0 Å². The summed E-state index contributed by atoms with van der Waals surface area (Å²) in [4.78, 5) is 2.68. The third-order valence-electron chi connectivity index (χ3n) is 4.01. The Balaban J connectivity index is 1.91. The number of nitrogens with two attached hydrogens (primary N) is 1. The molecular weight excluding hydrogens is 136 g/mol. The van der Waals surface area contributed by atoms with Gasteiger partial charge in [-0.15, -0.1) is 0 Å². The van der Waals surface area contributed by atoms with Crippen LogP contribution < -0.4 is 5.73 Å². The van der Waals surface area contributed by atoms with Crippen molar-refractivity contribution in [3.05, 3.63) is 0 Å². The summed E-state index contributed by atoms with van der Waals surface area (Å²) < 4.78 is 0. The van der Waals surface area contributed by atoms with E-state index in [1.807, 2.05) is 0 Å². The Bertz CT molecular complexity index is 176. The molecule has 11 heavy (non-hydrogen) atoms. The third-order valence-corrected chi connectivity index (χ3v) is 4.01. The smallest absolute Gasteiger partial charge is 0.0142 e. The van der Waals surface area contributed by atoms with Gasteiger partial charge in [0.05, 0.1) is 0 Å². The van der Waals surface area contributed by atoms with E-state index in [-0.39, 0.29) is 0 Å². The zero-order chi connectivity index (χ0) is 7.42. The van der Waals surface area contributed by atoms with Crippen molar-refractivity contribution in [1.82, 2.24) is 4.90 Å². The molecule has 0 aromatic heterocycles. The van der Waals surface area contributed by atoms with Crippen LogP contribution >= 0.6 is 0 Å². The second-order valence-electron chi connectivity index (χ2n) is 4.52. The first-order chi connectivity index (χ1) is 5.38. The van der Waals surface area contributed by atoms with Crippen molar-refractivity contribution in [3.8, 4) is 0 Å². The van der Waals surface area contributed by atoms with Gasteiger partial charge in [0.1, 0.15) is 0 Å². The molecule has 3 aliphatic heterocycles. The van der Waals surface area contributed by atoms with Crippen molar-refractivity contribution in [2.24, 2.45) is 23.5 Å². The minimum absolute atomic E-state index is 0.855. The third kappa shape index (κ3) is 0.695. The summed E-state index contributed by atoms with van der Waals surface area (Å²) in [6.45, 7) is 3.68. The van der Waals surface area contributed by atoms with Crippen molar-refractivity contribution in [2.75, 3.05) is 19.6 Å². The van der Waals surface area contributed by atoms with Crippen LogP contribution in [-0.2, 0) is 0 Å². The fourth-order valence-corrected chi connectivity index (χ4v) is 3.64. The monoisotopic (exact) mass is 152 g/mol. The summed E-state index contributed by atoms with van der Waals surface area (Å²) >= 11 is 0. The molecule has 2 nitrogen and oxygen atoms in total. The minimum Gasteiger partial charge on any atom is -0.330 e. The second kappa shape index (κ2) is 1.99. The quantitative estimate of drug-likeness (QED) is 0.585. The van der Waals surface area contributed by atoms with Crippen LogP contribution in [0.25, 0.3) is 0 Å². The van der Waals surface area contributed by atoms with Crippen LogP contribution in [0.2, 0.25) is 0 Å². The zero-order valence-electron chi connectivity index (χ0n) is 6.87. The van der Waals surface area contributed by atoms with Crippen LogP contribution in [0, 0.1) is 17.8 Å². The fraction of sp³-hybridized carbons (Fsp3) is 1.00. The maximum absolute atomic E-state index is 5.78. The van der Waals surface area contributed by atoms with Crippen LogP contribution in [0.15, 0.2) is 0 Å². The van der Waals surface area contributed by atoms with Gasteiger partial charge < -0.3 is 5.73 Å². The fourth-order valence-electron chi connectivity index (χ4n) is 3.64. The molecular formula is C9H16N2. The lowest BCUT2D eigenvalue weighted by Gasteiger charge is -2.29. The number of nitrogens with zero attached hydrogens (tertiary/aromatic N) is 1. The largest absolute Gasteiger partial charge is 0.330 e. The lowest BCUT2D eigenvalue weighted by molar-refractivity contribution is 0.238. The van der Waals surface area contributed by atoms with Crippen LogP contribution in [0.5, 0.6) is 0 Å². The highest BCUT2D eigenvalue weighted by atomic mass is 15.2. The first-order valence-corrected chi connectivity index (χ1v) is 4.82. The molecule has 0 amide bonds. The highest BCUT2D eigenvalue weighted by molar-refractivity contribution is 5.05. The molecule has 62 valence electrons. The minimum atomic E-state index is 0.855. The first kappa shape index (κ1) is 6.44. The second-order valence-corrected chi connectivity index (χ2v) is 4.52. The van der Waals surface area contributed by atoms with Crippen molar-refractivity contribution >= 4 is 0 Å². The summed E-state index contributed by atoms with van der Waals surface area (Å²) in [5, 5.41) is 0. The highest BCUT2D eigenvalue weighted by Gasteiger charge is 2.51. The molecule has 1 aliphatic carbocycles. The summed E-state index contributed by atoms with van der Waals surface area (Å²) in [6, 6.07) is 0.892. The molecule has 0 spiro atoms. The molecule has 4 bridgehead atoms. The number of piperidine rings is 1. The number of rotatable bonds is 1. The molecule has 1 unspecified atom stereocenters. The average molecular weight is 152 g/mol. The van der Waals surface area contributed by atoms with Gasteiger partial charge in [-0.25, -0.2) is 0 Å². The summed E-state index contributed by atoms with van der Waals surface area (Å²) in [6.07, 6.45) is 2.94. The van der Waals surface area contributed by atoms with Crippen LogP contribution in [-0.4, -0.2) is 30.6 Å². The molecule has 2 heteroatoms. The van der Waals surface area contributed by atoms with Gasteiger partial charge in [-0.05, 0) is 37.1 Å². The van der Waals surface area contributed by atoms with E-state index in [1.165, 1.54) is 25.9 Å². The molecule has 2 N–H and O–H groups in total. The van der Waals surface area contributed by atoms with Gasteiger partial charge in [-0.3, -0.25) is 4.90 Å². The number of hydrogen-bond donors (Lipinski definition) is 1. The topological polar surface area (TPSA) is 29.3 Å². The summed E-state index contributed by atoms with van der Waals surface area (Å²) in [5.41, 5.74) is 5.78. The summed E-state index contributed by atoms with van der Waals surface area (Å²) in [7, 11) is 0. The molecule has 4 aliphatic rings. The highest BCUT2D eigenvalue weighted by Crippen LogP contribution is 2.48. The number of hydrogen-bond acceptors (Lipinski definition) is 2. The van der Waals surface area contributed by atoms with Gasteiger partial charge >= 0.3 is 0 Å². The Morgan fingerprint density at radius 1 is 1.27 bits per heavy atom. The van der Waals surface area contributed by atoms with Gasteiger partial charge in [-0.2, -0.15) is 0 Å². The predicted molar refractivity (Wildman–Crippen MR) is 44.1 cm³/mol. The molecule has 4 fully saturated rings. The Morgan fingerprint density at radius 2 is 2.18 bits per heavy atom. The molecule has 0 radical (unpaired) electrons. The predicted octanol–water partition coefficient (Wildman–Crippen LogP) is 0.285. The molecule has 0 aromatic rings. The van der Waals surface area contributed by atoms with E-state index >= 15 is 0 Å². The maximum atomic E-state index is 5.78. The van der Waals surface area contributed by atoms with E-state index in [0.717, 1.165) is 30.3 Å². The summed E-state index contributed by atoms with van der Waals surface area (Å²) in [5.74, 6) is 2.87. The van der Waals surface area contributed by atoms with Crippen molar-refractivity contribution in [2.45, 2.75) is 18.9 Å². The van der Waals surface area contributed by atoms with Crippen molar-refractivity contribution in [1.29, 1.82) is 0 Å². The molecule has 4 rings (SSSR count). The molecule has 5 atom stereocenters. The average Bonchev–Trinajstić information content (AvgIpc) is 2.40. The van der Waals surface area contributed by atoms with Crippen LogP contribution in [0.1, 0.15) is 12.8 Å². The van der Waals surface area contributed by atoms with E-state index in [0.29, 0.717) is 0 Å². The first-order valence-electron chi connectivity index (χ1n) is 4.82. The van der Waals surface area contributed by atoms with E-state index in [1.54, 1.807) is 0 Å². The lowest BCUT2D eigenvalue weighted by atomic mass is 9.76. The van der Waals surface area contributed by atoms with Gasteiger partial charge in [0.2, 0.25) is 0 Å². The molecule has 3 saturated heterocycles. The Kier molecular flexibility index (Phi) is 1.16. The Labute approximate surface area is 67.7 Å². The van der Waals surface area contributed by atoms with E-state index in [9.17, 15) is 0 Å². The zero-order valence-corrected chi connectivity index (χ0v) is 6.87. The van der Waals surface area contributed by atoms with Gasteiger partial charge in [0, 0.05) is 19.1 Å². The van der Waals surface area contributed by atoms with Crippen molar-refractivity contribution < 1.29 is 0 Å².